The highest BCUT2D eigenvalue weighted by Crippen LogP contribution is 2.31. The van der Waals surface area contributed by atoms with E-state index in [1.807, 2.05) is 28.8 Å². The topological polar surface area (TPSA) is 76.9 Å². The number of nitrogens with zero attached hydrogens (tertiary/aromatic N) is 4. The summed E-state index contributed by atoms with van der Waals surface area (Å²) < 4.78 is 26.8. The summed E-state index contributed by atoms with van der Waals surface area (Å²) in [5.74, 6) is 0.421. The van der Waals surface area contributed by atoms with Crippen molar-refractivity contribution in [3.8, 4) is 0 Å². The van der Waals surface area contributed by atoms with Gasteiger partial charge in [-0.15, -0.1) is 0 Å². The zero-order valence-electron chi connectivity index (χ0n) is 19.1. The van der Waals surface area contributed by atoms with Gasteiger partial charge in [0, 0.05) is 18.7 Å². The predicted molar refractivity (Wildman–Crippen MR) is 124 cm³/mol. The minimum Gasteiger partial charge on any atom is -0.436 e. The number of rotatable bonds is 5. The van der Waals surface area contributed by atoms with Crippen LogP contribution in [0.3, 0.4) is 0 Å². The molecule has 1 atom stereocenters. The molecule has 5 rings (SSSR count). The van der Waals surface area contributed by atoms with E-state index in [0.29, 0.717) is 18.8 Å². The third-order valence-electron chi connectivity index (χ3n) is 6.31. The zero-order chi connectivity index (χ0) is 23.7. The molecule has 3 heterocycles. The van der Waals surface area contributed by atoms with E-state index < -0.39 is 11.7 Å². The maximum absolute atomic E-state index is 13.5. The van der Waals surface area contributed by atoms with Crippen LogP contribution in [0.1, 0.15) is 19.2 Å². The number of aromatic nitrogens is 2. The predicted octanol–water partition coefficient (Wildman–Crippen LogP) is 3.38. The van der Waals surface area contributed by atoms with Crippen LogP contribution in [0, 0.1) is 5.82 Å². The number of aryl methyl sites for hydroxylation is 1. The second-order valence-corrected chi connectivity index (χ2v) is 8.83. The first-order valence-corrected chi connectivity index (χ1v) is 11.5. The molecule has 0 radical (unpaired) electrons. The average molecular weight is 467 g/mol. The molecule has 0 unspecified atom stereocenters. The molecule has 2 aromatic carbocycles. The van der Waals surface area contributed by atoms with Crippen LogP contribution in [0.5, 0.6) is 0 Å². The number of hydrogen-bond donors (Lipinski definition) is 0. The minimum atomic E-state index is -0.985. The van der Waals surface area contributed by atoms with Gasteiger partial charge in [0.15, 0.2) is 5.60 Å². The number of para-hydroxylation sites is 2. The Morgan fingerprint density at radius 1 is 1.15 bits per heavy atom. The van der Waals surface area contributed by atoms with Crippen LogP contribution in [0.15, 0.2) is 48.5 Å². The Morgan fingerprint density at radius 2 is 1.94 bits per heavy atom. The number of halogens is 1. The number of fused-ring (bicyclic) bond motifs is 1. The summed E-state index contributed by atoms with van der Waals surface area (Å²) in [6.07, 6.45) is 1.17. The number of imidazole rings is 1. The molecule has 0 aliphatic carbocycles. The first-order chi connectivity index (χ1) is 16.5. The molecule has 0 saturated carbocycles. The summed E-state index contributed by atoms with van der Waals surface area (Å²) >= 11 is 0. The van der Waals surface area contributed by atoms with Gasteiger partial charge in [-0.2, -0.15) is 0 Å². The fourth-order valence-corrected chi connectivity index (χ4v) is 4.67. The standard InChI is InChI=1S/C25H27FN4O4/c1-2-5-22-27-20-6-3-4-7-21(20)29(22)14-23(31)28-12-13-33-17-25(15-28)16-30(24(32)34-25)19-10-8-18(26)9-11-19/h3-4,6-11H,2,5,12-17H2,1H3/t25-/m0/s1. The molecule has 2 aliphatic heterocycles. The van der Waals surface area contributed by atoms with Crippen molar-refractivity contribution in [1.82, 2.24) is 14.5 Å². The lowest BCUT2D eigenvalue weighted by atomic mass is 10.0. The molecule has 0 bridgehead atoms. The van der Waals surface area contributed by atoms with E-state index in [4.69, 9.17) is 14.5 Å². The van der Waals surface area contributed by atoms with Crippen molar-refractivity contribution < 1.29 is 23.5 Å². The molecular weight excluding hydrogens is 439 g/mol. The molecule has 2 amide bonds. The van der Waals surface area contributed by atoms with Crippen LogP contribution in [0.25, 0.3) is 11.0 Å². The number of ether oxygens (including phenoxy) is 2. The number of benzene rings is 2. The van der Waals surface area contributed by atoms with Crippen LogP contribution in [0.4, 0.5) is 14.9 Å². The Kier molecular flexibility index (Phi) is 5.95. The first-order valence-electron chi connectivity index (χ1n) is 11.5. The van der Waals surface area contributed by atoms with Gasteiger partial charge in [0.2, 0.25) is 5.91 Å². The summed E-state index contributed by atoms with van der Waals surface area (Å²) in [7, 11) is 0. The van der Waals surface area contributed by atoms with E-state index in [9.17, 15) is 14.0 Å². The number of amides is 2. The van der Waals surface area contributed by atoms with Crippen molar-refractivity contribution in [3.63, 3.8) is 0 Å². The quantitative estimate of drug-likeness (QED) is 0.576. The van der Waals surface area contributed by atoms with E-state index in [1.54, 1.807) is 4.90 Å². The van der Waals surface area contributed by atoms with Crippen LogP contribution >= 0.6 is 0 Å². The van der Waals surface area contributed by atoms with Gasteiger partial charge >= 0.3 is 6.09 Å². The van der Waals surface area contributed by atoms with Crippen molar-refractivity contribution >= 4 is 28.7 Å². The molecule has 1 aromatic heterocycles. The van der Waals surface area contributed by atoms with E-state index in [2.05, 4.69) is 6.92 Å². The monoisotopic (exact) mass is 466 g/mol. The van der Waals surface area contributed by atoms with Gasteiger partial charge in [0.1, 0.15) is 18.2 Å². The molecule has 178 valence electrons. The average Bonchev–Trinajstić information content (AvgIpc) is 3.24. The zero-order valence-corrected chi connectivity index (χ0v) is 19.1. The Hall–Kier alpha value is -3.46. The maximum Gasteiger partial charge on any atom is 0.415 e. The lowest BCUT2D eigenvalue weighted by molar-refractivity contribution is -0.133. The number of carbonyl (C=O) groups is 2. The van der Waals surface area contributed by atoms with E-state index in [-0.39, 0.29) is 38.0 Å². The van der Waals surface area contributed by atoms with Crippen LogP contribution in [-0.2, 0) is 27.2 Å². The number of hydrogen-bond acceptors (Lipinski definition) is 5. The van der Waals surface area contributed by atoms with Crippen LogP contribution in [-0.4, -0.2) is 64.9 Å². The molecule has 34 heavy (non-hydrogen) atoms. The minimum absolute atomic E-state index is 0.0818. The smallest absolute Gasteiger partial charge is 0.415 e. The van der Waals surface area contributed by atoms with Gasteiger partial charge in [0.25, 0.3) is 0 Å². The summed E-state index contributed by atoms with van der Waals surface area (Å²) in [5, 5.41) is 0. The highest BCUT2D eigenvalue weighted by molar-refractivity contribution is 5.90. The Balaban J connectivity index is 1.36. The second-order valence-electron chi connectivity index (χ2n) is 8.83. The molecule has 2 aliphatic rings. The third-order valence-corrected chi connectivity index (χ3v) is 6.31. The van der Waals surface area contributed by atoms with Gasteiger partial charge < -0.3 is 18.9 Å². The second kappa shape index (κ2) is 9.06. The van der Waals surface area contributed by atoms with E-state index in [0.717, 1.165) is 29.7 Å². The Bertz CT molecular complexity index is 1210. The molecule has 9 heteroatoms. The molecule has 2 saturated heterocycles. The molecule has 1 spiro atoms. The fourth-order valence-electron chi connectivity index (χ4n) is 4.67. The van der Waals surface area contributed by atoms with Gasteiger partial charge in [-0.1, -0.05) is 19.1 Å². The molecule has 0 N–H and O–H groups in total. The summed E-state index contributed by atoms with van der Waals surface area (Å²) in [6.45, 7) is 3.64. The summed E-state index contributed by atoms with van der Waals surface area (Å²) in [5.41, 5.74) is 1.35. The summed E-state index contributed by atoms with van der Waals surface area (Å²) in [4.78, 5) is 34.0. The highest BCUT2D eigenvalue weighted by atomic mass is 19.1. The van der Waals surface area contributed by atoms with Crippen LogP contribution < -0.4 is 4.90 Å². The number of carbonyl (C=O) groups excluding carboxylic acids is 2. The first kappa shape index (κ1) is 22.3. The normalized spacial score (nSPS) is 20.7. The third kappa shape index (κ3) is 4.23. The van der Waals surface area contributed by atoms with Crippen molar-refractivity contribution in [2.75, 3.05) is 37.7 Å². The van der Waals surface area contributed by atoms with E-state index >= 15 is 0 Å². The largest absolute Gasteiger partial charge is 0.436 e. The Labute approximate surface area is 196 Å². The molecule has 8 nitrogen and oxygen atoms in total. The van der Waals surface area contributed by atoms with Gasteiger partial charge in [-0.25, -0.2) is 14.2 Å². The van der Waals surface area contributed by atoms with Crippen molar-refractivity contribution in [2.45, 2.75) is 31.9 Å². The molecule has 2 fully saturated rings. The lowest BCUT2D eigenvalue weighted by Crippen LogP contribution is -2.50. The lowest BCUT2D eigenvalue weighted by Gasteiger charge is -2.30. The van der Waals surface area contributed by atoms with Gasteiger partial charge in [-0.05, 0) is 42.8 Å². The number of anilines is 1. The maximum atomic E-state index is 13.5. The molecular formula is C25H27FN4O4. The van der Waals surface area contributed by atoms with Crippen molar-refractivity contribution in [3.05, 3.63) is 60.2 Å². The SMILES string of the molecule is CCCc1nc2ccccc2n1CC(=O)N1CCOC[C@]2(C1)CN(c1ccc(F)cc1)C(=O)O2. The van der Waals surface area contributed by atoms with Crippen molar-refractivity contribution in [2.24, 2.45) is 0 Å². The van der Waals surface area contributed by atoms with Gasteiger partial charge in [-0.3, -0.25) is 9.69 Å². The fraction of sp³-hybridized carbons (Fsp3) is 0.400. The van der Waals surface area contributed by atoms with Crippen LogP contribution in [0.2, 0.25) is 0 Å². The van der Waals surface area contributed by atoms with Crippen molar-refractivity contribution in [1.29, 1.82) is 0 Å². The van der Waals surface area contributed by atoms with E-state index in [1.165, 1.54) is 29.2 Å². The molecule has 3 aromatic rings. The summed E-state index contributed by atoms with van der Waals surface area (Å²) in [6, 6.07) is 13.5. The Morgan fingerprint density at radius 3 is 2.74 bits per heavy atom. The highest BCUT2D eigenvalue weighted by Gasteiger charge is 2.49. The van der Waals surface area contributed by atoms with Gasteiger partial charge in [0.05, 0.1) is 37.3 Å².